The standard InChI is InChI=1S/C45H16B14N4O/c46-26-24(27(47)35(55)40(34(26)54)63(41-36(56)30(50)28(48)31(51)37(41)57)42-38(58)32(52)29(49)33(53)39(42)59)19-15-21(25-20-13-7-8-14-22(20)64-23(25)16-19)45-61-43(17-9-3-1-4-10-17)60-44(62-45)18-11-5-2-6-12-18/h1-16H. The molecule has 9 aromatic rings. The Morgan fingerprint density at radius 3 is 1.17 bits per heavy atom. The second-order valence-corrected chi connectivity index (χ2v) is 15.1. The Labute approximate surface area is 389 Å². The van der Waals surface area contributed by atoms with Crippen LogP contribution in [0.5, 0.6) is 0 Å². The second-order valence-electron chi connectivity index (χ2n) is 15.1. The smallest absolute Gasteiger partial charge is 0.164 e. The first-order chi connectivity index (χ1) is 30.6. The van der Waals surface area contributed by atoms with Crippen molar-refractivity contribution >= 4 is 225 Å². The van der Waals surface area contributed by atoms with E-state index < -0.39 is 0 Å². The molecule has 5 nitrogen and oxygen atoms in total. The molecule has 0 spiro atoms. The minimum absolute atomic E-state index is 0.0410. The van der Waals surface area contributed by atoms with E-state index in [1.54, 1.807) is 6.07 Å². The molecule has 0 saturated heterocycles. The molecule has 0 aliphatic carbocycles. The molecule has 0 aliphatic heterocycles. The minimum Gasteiger partial charge on any atom is -0.456 e. The van der Waals surface area contributed by atoms with Crippen LogP contribution in [-0.4, -0.2) is 125 Å². The first kappa shape index (κ1) is 43.3. The van der Waals surface area contributed by atoms with Crippen LogP contribution < -0.4 is 81.4 Å². The minimum atomic E-state index is -0.154. The number of para-hydroxylation sites is 1. The van der Waals surface area contributed by atoms with Crippen LogP contribution in [0.15, 0.2) is 101 Å². The van der Waals surface area contributed by atoms with Gasteiger partial charge in [0.25, 0.3) is 0 Å². The normalized spacial score (nSPS) is 11.4. The molecule has 2 aromatic heterocycles. The molecule has 0 atom stereocenters. The van der Waals surface area contributed by atoms with E-state index in [1.165, 1.54) is 4.90 Å². The van der Waals surface area contributed by atoms with Gasteiger partial charge in [-0.3, -0.25) is 0 Å². The Hall–Kier alpha value is -5.94. The topological polar surface area (TPSA) is 55.1 Å². The quantitative estimate of drug-likeness (QED) is 0.152. The lowest BCUT2D eigenvalue weighted by atomic mass is 9.59. The highest BCUT2D eigenvalue weighted by atomic mass is 16.3. The van der Waals surface area contributed by atoms with Crippen LogP contribution in [0.2, 0.25) is 0 Å². The fourth-order valence-electron chi connectivity index (χ4n) is 7.96. The van der Waals surface area contributed by atoms with E-state index in [1.807, 2.05) is 91.0 Å². The SMILES string of the molecule is [B]c1c([B])c([B])c(N(c2c([B])c([B])c([B])c([B])c2[B])c2c([B])c([B])c(-c3cc(-c4nc(-c5ccccc5)nc(-c5ccccc5)n4)c4c(c3)oc3ccccc34)c([B])c2[B])c([B])c1[B]. The predicted octanol–water partition coefficient (Wildman–Crippen LogP) is -4.98. The summed E-state index contributed by atoms with van der Waals surface area (Å²) >= 11 is 0. The van der Waals surface area contributed by atoms with Crippen LogP contribution in [0.1, 0.15) is 0 Å². The number of hydrogen-bond acceptors (Lipinski definition) is 5. The molecular formula is C45H16B14N4O. The number of rotatable bonds is 7. The van der Waals surface area contributed by atoms with E-state index in [9.17, 15) is 0 Å². The maximum absolute atomic E-state index is 7.08. The van der Waals surface area contributed by atoms with Crippen molar-refractivity contribution in [3.05, 3.63) is 97.1 Å². The molecule has 7 aromatic carbocycles. The van der Waals surface area contributed by atoms with Gasteiger partial charge < -0.3 is 9.32 Å². The molecule has 0 saturated carbocycles. The first-order valence-corrected chi connectivity index (χ1v) is 19.5. The molecule has 0 bridgehead atoms. The summed E-state index contributed by atoms with van der Waals surface area (Å²) in [6.45, 7) is 0. The molecule has 0 aliphatic rings. The average Bonchev–Trinajstić information content (AvgIpc) is 3.69. The second kappa shape index (κ2) is 16.6. The Morgan fingerprint density at radius 2 is 0.719 bits per heavy atom. The highest BCUT2D eigenvalue weighted by molar-refractivity contribution is 6.72. The van der Waals surface area contributed by atoms with Crippen molar-refractivity contribution in [1.29, 1.82) is 0 Å². The van der Waals surface area contributed by atoms with E-state index >= 15 is 0 Å². The molecule has 264 valence electrons. The Bertz CT molecular complexity index is 3190. The van der Waals surface area contributed by atoms with Crippen LogP contribution >= 0.6 is 0 Å². The fraction of sp³-hybridized carbons (Fsp3) is 0. The van der Waals surface area contributed by atoms with Crippen LogP contribution in [-0.2, 0) is 0 Å². The van der Waals surface area contributed by atoms with Gasteiger partial charge in [0.2, 0.25) is 0 Å². The lowest BCUT2D eigenvalue weighted by Crippen LogP contribution is -2.60. The lowest BCUT2D eigenvalue weighted by molar-refractivity contribution is 0.669. The van der Waals surface area contributed by atoms with Crippen molar-refractivity contribution in [1.82, 2.24) is 15.0 Å². The van der Waals surface area contributed by atoms with Crippen LogP contribution in [0, 0.1) is 0 Å². The van der Waals surface area contributed by atoms with Gasteiger partial charge >= 0.3 is 0 Å². The monoisotopic (exact) mass is 782 g/mol. The summed E-state index contributed by atoms with van der Waals surface area (Å²) in [5, 5.41) is 1.53. The molecule has 0 amide bonds. The van der Waals surface area contributed by atoms with Gasteiger partial charge in [-0.05, 0) is 29.3 Å². The number of nitrogens with zero attached hydrogens (tertiary/aromatic N) is 4. The van der Waals surface area contributed by atoms with E-state index in [4.69, 9.17) is 129 Å². The summed E-state index contributed by atoms with van der Waals surface area (Å²) in [6, 6.07) is 30.4. The van der Waals surface area contributed by atoms with E-state index in [-0.39, 0.29) is 99.1 Å². The van der Waals surface area contributed by atoms with Crippen LogP contribution in [0.3, 0.4) is 0 Å². The highest BCUT2D eigenvalue weighted by Crippen LogP contribution is 2.39. The Kier molecular flexibility index (Phi) is 11.2. The molecule has 19 heteroatoms. The zero-order valence-corrected chi connectivity index (χ0v) is 34.0. The summed E-state index contributed by atoms with van der Waals surface area (Å²) in [5.41, 5.74) is 2.02. The van der Waals surface area contributed by atoms with E-state index in [2.05, 4.69) is 0 Å². The summed E-state index contributed by atoms with van der Waals surface area (Å²) in [6.07, 6.45) is 0. The van der Waals surface area contributed by atoms with Crippen molar-refractivity contribution < 1.29 is 4.42 Å². The maximum Gasteiger partial charge on any atom is 0.164 e. The summed E-state index contributed by atoms with van der Waals surface area (Å²) in [7, 11) is 92.9. The number of benzene rings is 7. The molecule has 0 N–H and O–H groups in total. The summed E-state index contributed by atoms with van der Waals surface area (Å²) < 4.78 is 6.49. The third kappa shape index (κ3) is 6.89. The average molecular weight is 780 g/mol. The number of hydrogen-bond donors (Lipinski definition) is 0. The fourth-order valence-corrected chi connectivity index (χ4v) is 7.96. The van der Waals surface area contributed by atoms with Gasteiger partial charge in [-0.25, -0.2) is 15.0 Å². The zero-order valence-electron chi connectivity index (χ0n) is 34.0. The van der Waals surface area contributed by atoms with Crippen molar-refractivity contribution in [2.45, 2.75) is 0 Å². The Balaban J connectivity index is 1.35. The number of aromatic nitrogens is 3. The van der Waals surface area contributed by atoms with Crippen LogP contribution in [0.4, 0.5) is 17.1 Å². The summed E-state index contributed by atoms with van der Waals surface area (Å²) in [5.74, 6) is 1.22. The van der Waals surface area contributed by atoms with Crippen LogP contribution in [0.25, 0.3) is 67.2 Å². The first-order valence-electron chi connectivity index (χ1n) is 19.5. The summed E-state index contributed by atoms with van der Waals surface area (Å²) in [4.78, 5) is 16.3. The molecule has 28 radical (unpaired) electrons. The van der Waals surface area contributed by atoms with E-state index in [0.29, 0.717) is 39.8 Å². The zero-order chi connectivity index (χ0) is 45.5. The van der Waals surface area contributed by atoms with Gasteiger partial charge in [-0.2, -0.15) is 0 Å². The van der Waals surface area contributed by atoms with Gasteiger partial charge in [0.05, 0.1) is 0 Å². The molecule has 9 rings (SSSR count). The van der Waals surface area contributed by atoms with Gasteiger partial charge in [0.15, 0.2) is 17.5 Å². The van der Waals surface area contributed by atoms with Gasteiger partial charge in [0.1, 0.15) is 121 Å². The van der Waals surface area contributed by atoms with E-state index in [0.717, 1.165) is 21.9 Å². The molecule has 0 unspecified atom stereocenters. The number of furan rings is 1. The maximum atomic E-state index is 7.08. The molecular weight excluding hydrogens is 764 g/mol. The van der Waals surface area contributed by atoms with Crippen molar-refractivity contribution in [3.8, 4) is 45.3 Å². The third-order valence-electron chi connectivity index (χ3n) is 11.3. The van der Waals surface area contributed by atoms with Gasteiger partial charge in [-0.15, -0.1) is 32.8 Å². The number of fused-ring (bicyclic) bond motifs is 3. The predicted molar refractivity (Wildman–Crippen MR) is 279 cm³/mol. The molecule has 64 heavy (non-hydrogen) atoms. The third-order valence-corrected chi connectivity index (χ3v) is 11.3. The van der Waals surface area contributed by atoms with Gasteiger partial charge in [-0.1, -0.05) is 123 Å². The Morgan fingerprint density at radius 1 is 0.344 bits per heavy atom. The number of anilines is 3. The van der Waals surface area contributed by atoms with Crippen molar-refractivity contribution in [3.63, 3.8) is 0 Å². The lowest BCUT2D eigenvalue weighted by Gasteiger charge is -2.40. The largest absolute Gasteiger partial charge is 0.456 e. The molecule has 0 fully saturated rings. The van der Waals surface area contributed by atoms with Gasteiger partial charge in [0, 0.05) is 44.5 Å². The molecule has 2 heterocycles. The van der Waals surface area contributed by atoms with Crippen molar-refractivity contribution in [2.75, 3.05) is 4.90 Å². The van der Waals surface area contributed by atoms with Crippen molar-refractivity contribution in [2.24, 2.45) is 0 Å². The highest BCUT2D eigenvalue weighted by Gasteiger charge is 2.29.